The standard InChI is InChI=1S/C10H12N6S2/c1-5(2)8-13-14-10-16(8)15-9(18-10)6-4-17-7(3-11)12-6/h4-5H,3,11H2,1-2H3. The van der Waals surface area contributed by atoms with Crippen molar-refractivity contribution in [1.29, 1.82) is 0 Å². The first-order valence-electron chi connectivity index (χ1n) is 5.56. The lowest BCUT2D eigenvalue weighted by Crippen LogP contribution is -1.98. The molecule has 18 heavy (non-hydrogen) atoms. The second-order valence-corrected chi connectivity index (χ2v) is 6.04. The van der Waals surface area contributed by atoms with Crippen molar-refractivity contribution in [3.8, 4) is 10.7 Å². The lowest BCUT2D eigenvalue weighted by molar-refractivity contribution is 0.726. The molecule has 0 aliphatic carbocycles. The summed E-state index contributed by atoms with van der Waals surface area (Å²) in [7, 11) is 0. The lowest BCUT2D eigenvalue weighted by atomic mass is 10.2. The number of fused-ring (bicyclic) bond motifs is 1. The van der Waals surface area contributed by atoms with E-state index in [0.29, 0.717) is 12.5 Å². The van der Waals surface area contributed by atoms with Crippen LogP contribution in [0.4, 0.5) is 0 Å². The molecular weight excluding hydrogens is 268 g/mol. The summed E-state index contributed by atoms with van der Waals surface area (Å²) in [5, 5.41) is 16.5. The molecule has 6 nitrogen and oxygen atoms in total. The molecule has 0 unspecified atom stereocenters. The van der Waals surface area contributed by atoms with Gasteiger partial charge in [0.2, 0.25) is 4.96 Å². The quantitative estimate of drug-likeness (QED) is 0.792. The first-order chi connectivity index (χ1) is 8.69. The fourth-order valence-electron chi connectivity index (χ4n) is 1.60. The summed E-state index contributed by atoms with van der Waals surface area (Å²) < 4.78 is 1.80. The van der Waals surface area contributed by atoms with Crippen molar-refractivity contribution < 1.29 is 0 Å². The number of rotatable bonds is 3. The van der Waals surface area contributed by atoms with Crippen LogP contribution in [0, 0.1) is 0 Å². The van der Waals surface area contributed by atoms with Gasteiger partial charge in [0.05, 0.1) is 0 Å². The maximum Gasteiger partial charge on any atom is 0.235 e. The molecule has 0 spiro atoms. The third-order valence-electron chi connectivity index (χ3n) is 2.48. The molecule has 0 saturated heterocycles. The fraction of sp³-hybridized carbons (Fsp3) is 0.400. The number of nitrogens with zero attached hydrogens (tertiary/aromatic N) is 5. The molecule has 3 aromatic heterocycles. The monoisotopic (exact) mass is 280 g/mol. The number of nitrogens with two attached hydrogens (primary N) is 1. The predicted molar refractivity (Wildman–Crippen MR) is 71.7 cm³/mol. The first-order valence-corrected chi connectivity index (χ1v) is 7.25. The van der Waals surface area contributed by atoms with Crippen molar-refractivity contribution in [2.24, 2.45) is 5.73 Å². The van der Waals surface area contributed by atoms with E-state index in [0.717, 1.165) is 26.5 Å². The third-order valence-corrected chi connectivity index (χ3v) is 4.27. The minimum absolute atomic E-state index is 0.296. The molecule has 3 heterocycles. The molecule has 3 aromatic rings. The van der Waals surface area contributed by atoms with Crippen LogP contribution in [-0.2, 0) is 6.54 Å². The molecule has 8 heteroatoms. The van der Waals surface area contributed by atoms with Crippen molar-refractivity contribution in [2.75, 3.05) is 0 Å². The van der Waals surface area contributed by atoms with Crippen LogP contribution in [0.25, 0.3) is 15.7 Å². The molecule has 2 N–H and O–H groups in total. The van der Waals surface area contributed by atoms with Gasteiger partial charge < -0.3 is 5.73 Å². The summed E-state index contributed by atoms with van der Waals surface area (Å²) in [6.45, 7) is 4.61. The third kappa shape index (κ3) is 1.82. The molecule has 0 fully saturated rings. The van der Waals surface area contributed by atoms with Crippen molar-refractivity contribution >= 4 is 27.6 Å². The highest BCUT2D eigenvalue weighted by Gasteiger charge is 2.16. The zero-order valence-electron chi connectivity index (χ0n) is 9.99. The van der Waals surface area contributed by atoms with E-state index in [1.165, 1.54) is 11.3 Å². The Bertz CT molecular complexity index is 679. The normalized spacial score (nSPS) is 11.8. The highest BCUT2D eigenvalue weighted by atomic mass is 32.1. The van der Waals surface area contributed by atoms with Crippen LogP contribution < -0.4 is 5.73 Å². The summed E-state index contributed by atoms with van der Waals surface area (Å²) in [5.74, 6) is 1.17. The molecule has 0 radical (unpaired) electrons. The van der Waals surface area contributed by atoms with Gasteiger partial charge in [-0.3, -0.25) is 0 Å². The van der Waals surface area contributed by atoms with Gasteiger partial charge in [-0.15, -0.1) is 21.5 Å². The molecule has 0 amide bonds. The van der Waals surface area contributed by atoms with Crippen molar-refractivity contribution in [1.82, 2.24) is 24.8 Å². The minimum atomic E-state index is 0.296. The highest BCUT2D eigenvalue weighted by Crippen LogP contribution is 2.27. The molecule has 0 aliphatic heterocycles. The molecule has 0 saturated carbocycles. The Morgan fingerprint density at radius 3 is 2.89 bits per heavy atom. The first kappa shape index (κ1) is 11.7. The maximum atomic E-state index is 5.56. The zero-order valence-corrected chi connectivity index (χ0v) is 11.6. The molecule has 0 aromatic carbocycles. The SMILES string of the molecule is CC(C)c1nnc2sc(-c3csc(CN)n3)nn12. The summed E-state index contributed by atoms with van der Waals surface area (Å²) >= 11 is 3.05. The van der Waals surface area contributed by atoms with Gasteiger partial charge in [0, 0.05) is 17.8 Å². The van der Waals surface area contributed by atoms with Gasteiger partial charge >= 0.3 is 0 Å². The fourth-order valence-corrected chi connectivity index (χ4v) is 3.14. The van der Waals surface area contributed by atoms with E-state index in [4.69, 9.17) is 5.73 Å². The van der Waals surface area contributed by atoms with E-state index in [1.54, 1.807) is 15.9 Å². The smallest absolute Gasteiger partial charge is 0.235 e. The van der Waals surface area contributed by atoms with Gasteiger partial charge in [0.1, 0.15) is 10.7 Å². The Labute approximate surface area is 112 Å². The van der Waals surface area contributed by atoms with E-state index in [-0.39, 0.29) is 0 Å². The molecule has 0 aliphatic rings. The summed E-state index contributed by atoms with van der Waals surface area (Å²) in [4.78, 5) is 5.23. The molecule has 0 atom stereocenters. The van der Waals surface area contributed by atoms with E-state index >= 15 is 0 Å². The topological polar surface area (TPSA) is 82.0 Å². The van der Waals surface area contributed by atoms with Crippen LogP contribution in [0.5, 0.6) is 0 Å². The van der Waals surface area contributed by atoms with Crippen LogP contribution >= 0.6 is 22.7 Å². The lowest BCUT2D eigenvalue weighted by Gasteiger charge is -1.97. The van der Waals surface area contributed by atoms with Crippen LogP contribution in [-0.4, -0.2) is 24.8 Å². The largest absolute Gasteiger partial charge is 0.325 e. The number of hydrogen-bond acceptors (Lipinski definition) is 7. The predicted octanol–water partition coefficient (Wildman–Crippen LogP) is 1.89. The Balaban J connectivity index is 2.07. The summed E-state index contributed by atoms with van der Waals surface area (Å²) in [5.41, 5.74) is 6.43. The summed E-state index contributed by atoms with van der Waals surface area (Å²) in [6, 6.07) is 0. The number of hydrogen-bond donors (Lipinski definition) is 1. The molecule has 3 rings (SSSR count). The second-order valence-electron chi connectivity index (χ2n) is 4.15. The van der Waals surface area contributed by atoms with E-state index in [9.17, 15) is 0 Å². The highest BCUT2D eigenvalue weighted by molar-refractivity contribution is 7.20. The molecular formula is C10H12N6S2. The van der Waals surface area contributed by atoms with Gasteiger partial charge in [0.25, 0.3) is 0 Å². The van der Waals surface area contributed by atoms with Gasteiger partial charge in [0.15, 0.2) is 10.8 Å². The number of aromatic nitrogens is 5. The molecule has 94 valence electrons. The van der Waals surface area contributed by atoms with Crippen molar-refractivity contribution in [2.45, 2.75) is 26.3 Å². The summed E-state index contributed by atoms with van der Waals surface area (Å²) in [6.07, 6.45) is 0. The maximum absolute atomic E-state index is 5.56. The van der Waals surface area contributed by atoms with Crippen LogP contribution in [0.2, 0.25) is 0 Å². The Morgan fingerprint density at radius 1 is 1.39 bits per heavy atom. The van der Waals surface area contributed by atoms with E-state index < -0.39 is 0 Å². The average Bonchev–Trinajstić information content (AvgIpc) is 3.02. The van der Waals surface area contributed by atoms with E-state index in [1.807, 2.05) is 5.38 Å². The Hall–Kier alpha value is -1.38. The van der Waals surface area contributed by atoms with Crippen LogP contribution in [0.15, 0.2) is 5.38 Å². The van der Waals surface area contributed by atoms with Crippen molar-refractivity contribution in [3.05, 3.63) is 16.2 Å². The minimum Gasteiger partial charge on any atom is -0.325 e. The van der Waals surface area contributed by atoms with Crippen LogP contribution in [0.3, 0.4) is 0 Å². The molecule has 0 bridgehead atoms. The van der Waals surface area contributed by atoms with Gasteiger partial charge in [-0.1, -0.05) is 25.2 Å². The second kappa shape index (κ2) is 4.38. The van der Waals surface area contributed by atoms with Crippen molar-refractivity contribution in [3.63, 3.8) is 0 Å². The van der Waals surface area contributed by atoms with Gasteiger partial charge in [-0.05, 0) is 0 Å². The zero-order chi connectivity index (χ0) is 12.7. The number of thiazole rings is 1. The van der Waals surface area contributed by atoms with Crippen LogP contribution in [0.1, 0.15) is 30.6 Å². The average molecular weight is 280 g/mol. The van der Waals surface area contributed by atoms with E-state index in [2.05, 4.69) is 34.1 Å². The Kier molecular flexibility index (Phi) is 2.84. The van der Waals surface area contributed by atoms with Gasteiger partial charge in [-0.2, -0.15) is 9.61 Å². The van der Waals surface area contributed by atoms with Gasteiger partial charge in [-0.25, -0.2) is 4.98 Å². The Morgan fingerprint density at radius 2 is 2.22 bits per heavy atom.